The minimum absolute atomic E-state index is 0.352. The quantitative estimate of drug-likeness (QED) is 0.635. The van der Waals surface area contributed by atoms with Crippen molar-refractivity contribution in [3.8, 4) is 0 Å². The van der Waals surface area contributed by atoms with Crippen LogP contribution in [0.25, 0.3) is 0 Å². The summed E-state index contributed by atoms with van der Waals surface area (Å²) < 4.78 is 0. The van der Waals surface area contributed by atoms with Gasteiger partial charge >= 0.3 is 0 Å². The zero-order chi connectivity index (χ0) is 9.26. The van der Waals surface area contributed by atoms with Crippen LogP contribution in [0.5, 0.6) is 0 Å². The van der Waals surface area contributed by atoms with E-state index in [0.717, 1.165) is 17.9 Å². The number of aryl methyl sites for hydroxylation is 1. The van der Waals surface area contributed by atoms with E-state index in [4.69, 9.17) is 0 Å². The van der Waals surface area contributed by atoms with Gasteiger partial charge in [0.25, 0.3) is 0 Å². The summed E-state index contributed by atoms with van der Waals surface area (Å²) >= 11 is 0. The van der Waals surface area contributed by atoms with E-state index in [9.17, 15) is 0 Å². The van der Waals surface area contributed by atoms with Gasteiger partial charge in [-0.1, -0.05) is 0 Å². The zero-order valence-corrected chi connectivity index (χ0v) is 7.81. The molecule has 1 aliphatic heterocycles. The van der Waals surface area contributed by atoms with E-state index in [1.807, 2.05) is 37.6 Å². The molecule has 1 unspecified atom stereocenters. The van der Waals surface area contributed by atoms with E-state index in [1.54, 1.807) is 0 Å². The molecule has 0 aromatic carbocycles. The van der Waals surface area contributed by atoms with Crippen LogP contribution in [0.15, 0.2) is 17.5 Å². The van der Waals surface area contributed by atoms with Gasteiger partial charge in [-0.15, -0.1) is 0 Å². The van der Waals surface area contributed by atoms with Crippen LogP contribution in [0.2, 0.25) is 0 Å². The largest absolute Gasteiger partial charge is 0.299 e. The molecule has 0 N–H and O–H groups in total. The van der Waals surface area contributed by atoms with E-state index < -0.39 is 0 Å². The standard InChI is InChI=1S/C9H12N4/c1-7-10-3-8(4-11-7)9-5-12-13(2)6-9/h3-5,9H,6H2,1-2H3. The molecular weight excluding hydrogens is 164 g/mol. The molecule has 0 aliphatic carbocycles. The van der Waals surface area contributed by atoms with Crippen molar-refractivity contribution in [2.75, 3.05) is 13.6 Å². The van der Waals surface area contributed by atoms with Crippen molar-refractivity contribution in [2.24, 2.45) is 5.10 Å². The molecule has 68 valence electrons. The lowest BCUT2D eigenvalue weighted by atomic mass is 10.1. The summed E-state index contributed by atoms with van der Waals surface area (Å²) in [6, 6.07) is 0. The minimum atomic E-state index is 0.352. The van der Waals surface area contributed by atoms with Gasteiger partial charge in [0.15, 0.2) is 0 Å². The van der Waals surface area contributed by atoms with Gasteiger partial charge in [-0.2, -0.15) is 5.10 Å². The highest BCUT2D eigenvalue weighted by atomic mass is 15.4. The van der Waals surface area contributed by atoms with Gasteiger partial charge in [0.1, 0.15) is 5.82 Å². The molecule has 4 nitrogen and oxygen atoms in total. The van der Waals surface area contributed by atoms with E-state index >= 15 is 0 Å². The fourth-order valence-electron chi connectivity index (χ4n) is 1.36. The minimum Gasteiger partial charge on any atom is -0.299 e. The Morgan fingerprint density at radius 2 is 2.08 bits per heavy atom. The van der Waals surface area contributed by atoms with Gasteiger partial charge in [0, 0.05) is 38.1 Å². The molecule has 2 heterocycles. The maximum absolute atomic E-state index is 4.17. The van der Waals surface area contributed by atoms with Crippen molar-refractivity contribution in [3.05, 3.63) is 23.8 Å². The van der Waals surface area contributed by atoms with Crippen molar-refractivity contribution < 1.29 is 0 Å². The molecule has 4 heteroatoms. The van der Waals surface area contributed by atoms with Gasteiger partial charge in [-0.05, 0) is 12.5 Å². The Balaban J connectivity index is 2.18. The summed E-state index contributed by atoms with van der Waals surface area (Å²) in [5, 5.41) is 6.09. The highest BCUT2D eigenvalue weighted by Gasteiger charge is 2.16. The molecule has 1 aliphatic rings. The lowest BCUT2D eigenvalue weighted by Crippen LogP contribution is -2.12. The van der Waals surface area contributed by atoms with Crippen LogP contribution in [0.1, 0.15) is 17.3 Å². The molecule has 2 rings (SSSR count). The molecule has 0 radical (unpaired) electrons. The molecular formula is C9H12N4. The number of nitrogens with zero attached hydrogens (tertiary/aromatic N) is 4. The van der Waals surface area contributed by atoms with E-state index in [-0.39, 0.29) is 0 Å². The average Bonchev–Trinajstić information content (AvgIpc) is 2.53. The molecule has 0 saturated carbocycles. The second-order valence-electron chi connectivity index (χ2n) is 3.27. The Kier molecular flexibility index (Phi) is 1.96. The second-order valence-corrected chi connectivity index (χ2v) is 3.27. The Morgan fingerprint density at radius 1 is 1.38 bits per heavy atom. The number of likely N-dealkylation sites (N-methyl/N-ethyl adjacent to an activating group) is 1. The Bertz CT molecular complexity index is 317. The Labute approximate surface area is 77.3 Å². The summed E-state index contributed by atoms with van der Waals surface area (Å²) in [6.07, 6.45) is 5.68. The normalized spacial score (nSPS) is 21.1. The molecule has 0 bridgehead atoms. The highest BCUT2D eigenvalue weighted by Crippen LogP contribution is 2.17. The Hall–Kier alpha value is -1.45. The third kappa shape index (κ3) is 1.66. The Morgan fingerprint density at radius 3 is 2.62 bits per heavy atom. The topological polar surface area (TPSA) is 41.4 Å². The summed E-state index contributed by atoms with van der Waals surface area (Å²) in [5.74, 6) is 1.16. The van der Waals surface area contributed by atoms with Gasteiger partial charge in [-0.3, -0.25) is 5.01 Å². The number of aromatic nitrogens is 2. The molecule has 1 aromatic rings. The third-order valence-electron chi connectivity index (χ3n) is 2.13. The first-order valence-corrected chi connectivity index (χ1v) is 4.29. The first kappa shape index (κ1) is 8.16. The molecule has 0 spiro atoms. The third-order valence-corrected chi connectivity index (χ3v) is 2.13. The van der Waals surface area contributed by atoms with Crippen molar-refractivity contribution in [1.82, 2.24) is 15.0 Å². The average molecular weight is 176 g/mol. The molecule has 0 fully saturated rings. The SMILES string of the molecule is Cc1ncc(C2C=NN(C)C2)cn1. The maximum atomic E-state index is 4.17. The number of rotatable bonds is 1. The van der Waals surface area contributed by atoms with Crippen molar-refractivity contribution in [2.45, 2.75) is 12.8 Å². The first-order valence-electron chi connectivity index (χ1n) is 4.29. The maximum Gasteiger partial charge on any atom is 0.125 e. The zero-order valence-electron chi connectivity index (χ0n) is 7.81. The van der Waals surface area contributed by atoms with Gasteiger partial charge < -0.3 is 0 Å². The van der Waals surface area contributed by atoms with Crippen molar-refractivity contribution in [1.29, 1.82) is 0 Å². The molecule has 0 amide bonds. The number of hydrazone groups is 1. The van der Waals surface area contributed by atoms with E-state index in [0.29, 0.717) is 5.92 Å². The first-order chi connectivity index (χ1) is 6.25. The molecule has 13 heavy (non-hydrogen) atoms. The fourth-order valence-corrected chi connectivity index (χ4v) is 1.36. The number of hydrogen-bond donors (Lipinski definition) is 0. The van der Waals surface area contributed by atoms with Gasteiger partial charge in [0.2, 0.25) is 0 Å². The van der Waals surface area contributed by atoms with Crippen molar-refractivity contribution in [3.63, 3.8) is 0 Å². The highest BCUT2D eigenvalue weighted by molar-refractivity contribution is 5.69. The summed E-state index contributed by atoms with van der Waals surface area (Å²) in [6.45, 7) is 2.81. The van der Waals surface area contributed by atoms with Gasteiger partial charge in [0.05, 0.1) is 0 Å². The van der Waals surface area contributed by atoms with Crippen LogP contribution in [-0.4, -0.2) is 34.8 Å². The monoisotopic (exact) mass is 176 g/mol. The predicted octanol–water partition coefficient (Wildman–Crippen LogP) is 0.800. The van der Waals surface area contributed by atoms with Crippen LogP contribution in [0, 0.1) is 6.92 Å². The van der Waals surface area contributed by atoms with Crippen LogP contribution in [0.4, 0.5) is 0 Å². The lowest BCUT2D eigenvalue weighted by Gasteiger charge is -2.09. The van der Waals surface area contributed by atoms with E-state index in [1.165, 1.54) is 0 Å². The molecule has 1 atom stereocenters. The van der Waals surface area contributed by atoms with Crippen LogP contribution in [-0.2, 0) is 0 Å². The van der Waals surface area contributed by atoms with Crippen LogP contribution < -0.4 is 0 Å². The lowest BCUT2D eigenvalue weighted by molar-refractivity contribution is 0.381. The number of hydrogen-bond acceptors (Lipinski definition) is 4. The van der Waals surface area contributed by atoms with Crippen molar-refractivity contribution >= 4 is 6.21 Å². The van der Waals surface area contributed by atoms with E-state index in [2.05, 4.69) is 15.1 Å². The fraction of sp³-hybridized carbons (Fsp3) is 0.444. The molecule has 0 saturated heterocycles. The van der Waals surface area contributed by atoms with Crippen LogP contribution in [0.3, 0.4) is 0 Å². The predicted molar refractivity (Wildman–Crippen MR) is 50.6 cm³/mol. The summed E-state index contributed by atoms with van der Waals surface area (Å²) in [5.41, 5.74) is 1.14. The van der Waals surface area contributed by atoms with Gasteiger partial charge in [-0.25, -0.2) is 9.97 Å². The second kappa shape index (κ2) is 3.12. The summed E-state index contributed by atoms with van der Waals surface area (Å²) in [4.78, 5) is 8.31. The summed E-state index contributed by atoms with van der Waals surface area (Å²) in [7, 11) is 1.96. The van der Waals surface area contributed by atoms with Crippen LogP contribution >= 0.6 is 0 Å². The smallest absolute Gasteiger partial charge is 0.125 e. The molecule has 1 aromatic heterocycles.